The number of benzene rings is 2. The van der Waals surface area contributed by atoms with E-state index in [2.05, 4.69) is 0 Å². The Kier molecular flexibility index (Phi) is 4.93. The Bertz CT molecular complexity index is 1140. The lowest BCUT2D eigenvalue weighted by atomic mass is 10.2. The molecule has 1 aliphatic heterocycles. The maximum Gasteiger partial charge on any atom is 0.298 e. The number of imide groups is 1. The van der Waals surface area contributed by atoms with Gasteiger partial charge >= 0.3 is 0 Å². The first-order valence-electron chi connectivity index (χ1n) is 8.04. The summed E-state index contributed by atoms with van der Waals surface area (Å²) in [6.07, 6.45) is 1.50. The maximum atomic E-state index is 12.7. The maximum absolute atomic E-state index is 12.7. The number of anilines is 1. The molecule has 1 fully saturated rings. The lowest BCUT2D eigenvalue weighted by molar-refractivity contribution is -0.113. The molecule has 0 aliphatic carbocycles. The number of furan rings is 1. The molecule has 8 heteroatoms. The summed E-state index contributed by atoms with van der Waals surface area (Å²) < 4.78 is 5.76. The van der Waals surface area contributed by atoms with Crippen LogP contribution in [0.5, 0.6) is 5.75 Å². The number of thioether (sulfide) groups is 1. The SMILES string of the molecule is O=C1SC(=Cc2ccc(-c3cc(Cl)ccc3Cl)o2)C(=O)N1c1cccc(O)c1. The van der Waals surface area contributed by atoms with Crippen molar-refractivity contribution >= 4 is 57.9 Å². The normalized spacial score (nSPS) is 15.6. The monoisotopic (exact) mass is 431 g/mol. The standard InChI is InChI=1S/C20H11Cl2NO4S/c21-11-4-6-16(22)15(8-11)17-7-5-14(27-17)10-18-19(25)23(20(26)28-18)12-2-1-3-13(24)9-12/h1-10,24H. The summed E-state index contributed by atoms with van der Waals surface area (Å²) in [6, 6.07) is 14.4. The second-order valence-corrected chi connectivity index (χ2v) is 7.70. The molecule has 0 unspecified atom stereocenters. The number of hydrogen-bond donors (Lipinski definition) is 1. The molecule has 1 aromatic heterocycles. The smallest absolute Gasteiger partial charge is 0.298 e. The van der Waals surface area contributed by atoms with Crippen LogP contribution in [0.1, 0.15) is 5.76 Å². The van der Waals surface area contributed by atoms with Crippen molar-refractivity contribution in [1.29, 1.82) is 0 Å². The molecule has 4 rings (SSSR count). The third kappa shape index (κ3) is 3.54. The van der Waals surface area contributed by atoms with E-state index in [1.54, 1.807) is 42.5 Å². The molecule has 3 aromatic rings. The Hall–Kier alpha value is -2.67. The van der Waals surface area contributed by atoms with Gasteiger partial charge in [0.05, 0.1) is 15.6 Å². The predicted molar refractivity (Wildman–Crippen MR) is 111 cm³/mol. The number of amides is 2. The zero-order chi connectivity index (χ0) is 19.8. The van der Waals surface area contributed by atoms with E-state index in [9.17, 15) is 14.7 Å². The van der Waals surface area contributed by atoms with Gasteiger partial charge in [-0.05, 0) is 54.2 Å². The van der Waals surface area contributed by atoms with Gasteiger partial charge < -0.3 is 9.52 Å². The van der Waals surface area contributed by atoms with Gasteiger partial charge in [0.1, 0.15) is 17.3 Å². The fraction of sp³-hybridized carbons (Fsp3) is 0. The fourth-order valence-electron chi connectivity index (χ4n) is 2.71. The van der Waals surface area contributed by atoms with Gasteiger partial charge in [0.25, 0.3) is 11.1 Å². The average molecular weight is 432 g/mol. The largest absolute Gasteiger partial charge is 0.508 e. The molecule has 28 heavy (non-hydrogen) atoms. The molecule has 2 aromatic carbocycles. The summed E-state index contributed by atoms with van der Waals surface area (Å²) in [5.74, 6) is 0.368. The van der Waals surface area contributed by atoms with Crippen molar-refractivity contribution in [2.75, 3.05) is 4.90 Å². The van der Waals surface area contributed by atoms with Gasteiger partial charge in [-0.15, -0.1) is 0 Å². The summed E-state index contributed by atoms with van der Waals surface area (Å²) >= 11 is 13.0. The van der Waals surface area contributed by atoms with Crippen molar-refractivity contribution in [2.24, 2.45) is 0 Å². The van der Waals surface area contributed by atoms with E-state index in [-0.39, 0.29) is 10.7 Å². The first kappa shape index (κ1) is 18.7. The molecule has 1 saturated heterocycles. The number of carbonyl (C=O) groups excluding carboxylic acids is 2. The molecule has 1 N–H and O–H groups in total. The van der Waals surface area contributed by atoms with Crippen LogP contribution in [0, 0.1) is 0 Å². The quantitative estimate of drug-likeness (QED) is 0.499. The van der Waals surface area contributed by atoms with Crippen molar-refractivity contribution in [3.05, 3.63) is 75.3 Å². The second kappa shape index (κ2) is 7.39. The van der Waals surface area contributed by atoms with Crippen LogP contribution >= 0.6 is 35.0 Å². The predicted octanol–water partition coefficient (Wildman–Crippen LogP) is 6.20. The van der Waals surface area contributed by atoms with Gasteiger partial charge in [0.15, 0.2) is 0 Å². The molecular weight excluding hydrogens is 421 g/mol. The highest BCUT2D eigenvalue weighted by Gasteiger charge is 2.36. The number of phenolic OH excluding ortho intramolecular Hbond substituents is 1. The Morgan fingerprint density at radius 3 is 2.64 bits per heavy atom. The molecule has 0 atom stereocenters. The molecular formula is C20H11Cl2NO4S. The Labute approximate surface area is 174 Å². The average Bonchev–Trinajstić information content (AvgIpc) is 3.22. The van der Waals surface area contributed by atoms with E-state index in [1.165, 1.54) is 18.2 Å². The van der Waals surface area contributed by atoms with Crippen molar-refractivity contribution in [1.82, 2.24) is 0 Å². The van der Waals surface area contributed by atoms with Gasteiger partial charge in [-0.3, -0.25) is 9.59 Å². The van der Waals surface area contributed by atoms with Gasteiger partial charge in [-0.2, -0.15) is 0 Å². The minimum atomic E-state index is -0.487. The van der Waals surface area contributed by atoms with Crippen LogP contribution < -0.4 is 4.90 Å². The molecule has 140 valence electrons. The van der Waals surface area contributed by atoms with Crippen LogP contribution in [-0.2, 0) is 4.79 Å². The first-order chi connectivity index (χ1) is 13.4. The lowest BCUT2D eigenvalue weighted by Gasteiger charge is -2.12. The molecule has 5 nitrogen and oxygen atoms in total. The lowest BCUT2D eigenvalue weighted by Crippen LogP contribution is -2.27. The van der Waals surface area contributed by atoms with Crippen LogP contribution in [0.3, 0.4) is 0 Å². The van der Waals surface area contributed by atoms with Crippen LogP contribution in [0.4, 0.5) is 10.5 Å². The zero-order valence-electron chi connectivity index (χ0n) is 14.1. The number of nitrogens with zero attached hydrogens (tertiary/aromatic N) is 1. The number of carbonyl (C=O) groups is 2. The van der Waals surface area contributed by atoms with Gasteiger partial charge in [0.2, 0.25) is 0 Å². The van der Waals surface area contributed by atoms with E-state index in [4.69, 9.17) is 27.6 Å². The molecule has 0 spiro atoms. The molecule has 0 bridgehead atoms. The highest BCUT2D eigenvalue weighted by molar-refractivity contribution is 8.19. The summed E-state index contributed by atoms with van der Waals surface area (Å²) in [5, 5.41) is 10.1. The summed E-state index contributed by atoms with van der Waals surface area (Å²) in [7, 11) is 0. The minimum absolute atomic E-state index is 0.0328. The number of aromatic hydroxyl groups is 1. The number of halogens is 2. The van der Waals surface area contributed by atoms with Crippen molar-refractivity contribution in [3.63, 3.8) is 0 Å². The van der Waals surface area contributed by atoms with Crippen molar-refractivity contribution in [3.8, 4) is 17.1 Å². The molecule has 2 heterocycles. The molecule has 1 aliphatic rings. The van der Waals surface area contributed by atoms with Gasteiger partial charge in [0, 0.05) is 22.7 Å². The van der Waals surface area contributed by atoms with Crippen LogP contribution in [0.25, 0.3) is 17.4 Å². The van der Waals surface area contributed by atoms with E-state index < -0.39 is 11.1 Å². The van der Waals surface area contributed by atoms with E-state index in [0.717, 1.165) is 16.7 Å². The highest BCUT2D eigenvalue weighted by Crippen LogP contribution is 2.38. The molecule has 0 radical (unpaired) electrons. The van der Waals surface area contributed by atoms with E-state index in [0.29, 0.717) is 32.8 Å². The Morgan fingerprint density at radius 1 is 1.04 bits per heavy atom. The van der Waals surface area contributed by atoms with Crippen LogP contribution in [0.2, 0.25) is 10.0 Å². The van der Waals surface area contributed by atoms with E-state index in [1.807, 2.05) is 0 Å². The number of rotatable bonds is 3. The summed E-state index contributed by atoms with van der Waals surface area (Å²) in [4.78, 5) is 26.2. The molecule has 2 amide bonds. The zero-order valence-corrected chi connectivity index (χ0v) is 16.4. The van der Waals surface area contributed by atoms with Crippen LogP contribution in [0.15, 0.2) is 63.9 Å². The van der Waals surface area contributed by atoms with Gasteiger partial charge in [-0.1, -0.05) is 29.3 Å². The second-order valence-electron chi connectivity index (χ2n) is 5.86. The number of phenols is 1. The minimum Gasteiger partial charge on any atom is -0.508 e. The van der Waals surface area contributed by atoms with E-state index >= 15 is 0 Å². The third-order valence-electron chi connectivity index (χ3n) is 3.98. The Morgan fingerprint density at radius 2 is 1.86 bits per heavy atom. The third-order valence-corrected chi connectivity index (χ3v) is 5.41. The highest BCUT2D eigenvalue weighted by atomic mass is 35.5. The van der Waals surface area contributed by atoms with Crippen molar-refractivity contribution in [2.45, 2.75) is 0 Å². The summed E-state index contributed by atoms with van der Waals surface area (Å²) in [6.45, 7) is 0. The topological polar surface area (TPSA) is 70.8 Å². The first-order valence-corrected chi connectivity index (χ1v) is 9.62. The number of hydrogen-bond acceptors (Lipinski definition) is 5. The summed E-state index contributed by atoms with van der Waals surface area (Å²) in [5.41, 5.74) is 0.929. The molecule has 0 saturated carbocycles. The van der Waals surface area contributed by atoms with Crippen LogP contribution in [-0.4, -0.2) is 16.3 Å². The Balaban J connectivity index is 1.64. The fourth-order valence-corrected chi connectivity index (χ4v) is 3.92. The van der Waals surface area contributed by atoms with Gasteiger partial charge in [-0.25, -0.2) is 4.90 Å². The van der Waals surface area contributed by atoms with Crippen molar-refractivity contribution < 1.29 is 19.1 Å².